The summed E-state index contributed by atoms with van der Waals surface area (Å²) in [6.07, 6.45) is 0.347. The molecule has 7 nitrogen and oxygen atoms in total. The van der Waals surface area contributed by atoms with Crippen LogP contribution in [0.1, 0.15) is 39.9 Å². The zero-order chi connectivity index (χ0) is 25.7. The Hall–Kier alpha value is -3.14. The first-order valence-electron chi connectivity index (χ1n) is 11.1. The molecule has 2 N–H and O–H groups in total. The Balaban J connectivity index is 1.57. The number of nitrogens with one attached hydrogen (secondary N) is 2. The van der Waals surface area contributed by atoms with Crippen LogP contribution in [0.15, 0.2) is 36.4 Å². The summed E-state index contributed by atoms with van der Waals surface area (Å²) in [6.45, 7) is -0.177. The number of carbonyl (C=O) groups is 4. The van der Waals surface area contributed by atoms with Crippen molar-refractivity contribution in [2.45, 2.75) is 36.7 Å². The number of benzene rings is 2. The summed E-state index contributed by atoms with van der Waals surface area (Å²) < 4.78 is 29.3. The lowest BCUT2D eigenvalue weighted by Gasteiger charge is -2.40. The third-order valence-corrected chi connectivity index (χ3v) is 6.89. The second-order valence-electron chi connectivity index (χ2n) is 9.29. The summed E-state index contributed by atoms with van der Waals surface area (Å²) in [5, 5.41) is 3.95. The Labute approximate surface area is 208 Å². The summed E-state index contributed by atoms with van der Waals surface area (Å²) in [5.41, 5.74) is 1.74. The van der Waals surface area contributed by atoms with Gasteiger partial charge in [-0.15, -0.1) is 0 Å². The van der Waals surface area contributed by atoms with Gasteiger partial charge in [0, 0.05) is 34.5 Å². The van der Waals surface area contributed by atoms with E-state index in [9.17, 15) is 28.0 Å². The van der Waals surface area contributed by atoms with Crippen LogP contribution in [-0.2, 0) is 32.2 Å². The SMILES string of the molecule is Bc1cc2c(cc1CNC(=O)C(F)(F)c1ccc(Cl)cc1)C(B)(B)N(C1CCC(=O)NC1=O)C2=O. The molecule has 13 heteroatoms. The Kier molecular flexibility index (Phi) is 6.29. The molecule has 0 radical (unpaired) electrons. The van der Waals surface area contributed by atoms with Gasteiger partial charge in [0.1, 0.15) is 29.6 Å². The highest BCUT2D eigenvalue weighted by atomic mass is 35.5. The summed E-state index contributed by atoms with van der Waals surface area (Å²) in [6, 6.07) is 7.32. The molecule has 0 aromatic heterocycles. The van der Waals surface area contributed by atoms with Gasteiger partial charge in [0.05, 0.1) is 0 Å². The van der Waals surface area contributed by atoms with Gasteiger partial charge >= 0.3 is 5.92 Å². The van der Waals surface area contributed by atoms with Crippen molar-refractivity contribution in [3.8, 4) is 0 Å². The van der Waals surface area contributed by atoms with Crippen LogP contribution in [0.5, 0.6) is 0 Å². The summed E-state index contributed by atoms with van der Waals surface area (Å²) in [7, 11) is 5.29. The van der Waals surface area contributed by atoms with E-state index >= 15 is 0 Å². The van der Waals surface area contributed by atoms with Gasteiger partial charge < -0.3 is 10.2 Å². The highest BCUT2D eigenvalue weighted by Gasteiger charge is 2.49. The number of amides is 4. The van der Waals surface area contributed by atoms with Gasteiger partial charge in [-0.2, -0.15) is 8.78 Å². The van der Waals surface area contributed by atoms with Gasteiger partial charge in [-0.1, -0.05) is 41.3 Å². The molecule has 0 spiro atoms. The highest BCUT2D eigenvalue weighted by molar-refractivity contribution is 6.43. The number of halogens is 3. The average molecular weight is 497 g/mol. The van der Waals surface area contributed by atoms with E-state index < -0.39 is 34.7 Å². The molecule has 35 heavy (non-hydrogen) atoms. The van der Waals surface area contributed by atoms with Gasteiger partial charge in [-0.05, 0) is 29.7 Å². The van der Waals surface area contributed by atoms with Crippen molar-refractivity contribution in [3.63, 3.8) is 0 Å². The van der Waals surface area contributed by atoms with Crippen molar-refractivity contribution in [3.05, 3.63) is 63.7 Å². The summed E-state index contributed by atoms with van der Waals surface area (Å²) >= 11 is 5.74. The Morgan fingerprint density at radius 3 is 2.49 bits per heavy atom. The quantitative estimate of drug-likeness (QED) is 0.395. The maximum atomic E-state index is 14.6. The second-order valence-corrected chi connectivity index (χ2v) is 9.73. The van der Waals surface area contributed by atoms with Crippen molar-refractivity contribution in [1.29, 1.82) is 0 Å². The third-order valence-electron chi connectivity index (χ3n) is 6.64. The second kappa shape index (κ2) is 8.82. The fraction of sp³-hybridized carbons (Fsp3) is 0.273. The van der Waals surface area contributed by atoms with Crippen molar-refractivity contribution in [1.82, 2.24) is 15.5 Å². The molecule has 1 saturated heterocycles. The molecule has 178 valence electrons. The number of alkyl halides is 2. The van der Waals surface area contributed by atoms with Crippen LogP contribution in [0.2, 0.25) is 5.02 Å². The van der Waals surface area contributed by atoms with Crippen molar-refractivity contribution < 1.29 is 28.0 Å². The Bertz CT molecular complexity index is 1260. The number of carbonyl (C=O) groups excluding carboxylic acids is 4. The normalized spacial score (nSPS) is 19.3. The zero-order valence-electron chi connectivity index (χ0n) is 19.4. The molecule has 0 aliphatic carbocycles. The highest BCUT2D eigenvalue weighted by Crippen LogP contribution is 2.38. The zero-order valence-corrected chi connectivity index (χ0v) is 20.1. The smallest absolute Gasteiger partial charge is 0.346 e. The summed E-state index contributed by atoms with van der Waals surface area (Å²) in [4.78, 5) is 51.1. The first-order valence-corrected chi connectivity index (χ1v) is 11.5. The standard InChI is InChI=1S/C22H21B3ClF2N3O4/c23-15-8-13-14(22(24,25)31(19(13)34)16-5-6-17(32)30-18(16)33)7-10(15)9-29-20(35)21(27,28)11-1-3-12(26)4-2-11/h1-4,7-8,16H,5-6,9,23-25H2,(H,29,35)(H,30,32,33). The molecule has 1 unspecified atom stereocenters. The van der Waals surface area contributed by atoms with Gasteiger partial charge in [0.25, 0.3) is 11.8 Å². The van der Waals surface area contributed by atoms with Crippen molar-refractivity contribution >= 4 is 64.2 Å². The van der Waals surface area contributed by atoms with Crippen LogP contribution in [0.3, 0.4) is 0 Å². The maximum absolute atomic E-state index is 14.6. The molecule has 2 aromatic rings. The number of piperidine rings is 1. The minimum absolute atomic E-state index is 0.130. The Morgan fingerprint density at radius 2 is 1.86 bits per heavy atom. The van der Waals surface area contributed by atoms with E-state index in [2.05, 4.69) is 10.6 Å². The van der Waals surface area contributed by atoms with Crippen LogP contribution in [0.4, 0.5) is 8.78 Å². The molecule has 4 rings (SSSR count). The minimum atomic E-state index is -3.76. The van der Waals surface area contributed by atoms with E-state index in [-0.39, 0.29) is 36.2 Å². The lowest BCUT2D eigenvalue weighted by Crippen LogP contribution is -2.59. The Morgan fingerprint density at radius 1 is 1.20 bits per heavy atom. The largest absolute Gasteiger partial charge is 0.349 e. The van der Waals surface area contributed by atoms with E-state index in [0.717, 1.165) is 12.1 Å². The van der Waals surface area contributed by atoms with Crippen molar-refractivity contribution in [2.24, 2.45) is 0 Å². The van der Waals surface area contributed by atoms with E-state index in [1.165, 1.54) is 17.0 Å². The lowest BCUT2D eigenvalue weighted by atomic mass is 9.57. The topological polar surface area (TPSA) is 95.6 Å². The minimum Gasteiger partial charge on any atom is -0.346 e. The van der Waals surface area contributed by atoms with E-state index in [4.69, 9.17) is 11.6 Å². The molecule has 1 fully saturated rings. The van der Waals surface area contributed by atoms with Crippen LogP contribution in [0, 0.1) is 0 Å². The number of hydrogen-bond acceptors (Lipinski definition) is 4. The van der Waals surface area contributed by atoms with Crippen molar-refractivity contribution in [2.75, 3.05) is 0 Å². The first-order chi connectivity index (χ1) is 16.3. The van der Waals surface area contributed by atoms with Gasteiger partial charge in [0.15, 0.2) is 0 Å². The number of nitrogens with zero attached hydrogens (tertiary/aromatic N) is 1. The number of hydrogen-bond donors (Lipinski definition) is 2. The van der Waals surface area contributed by atoms with Gasteiger partial charge in [-0.25, -0.2) is 0 Å². The molecule has 2 aliphatic rings. The number of rotatable bonds is 5. The number of imide groups is 1. The average Bonchev–Trinajstić information content (AvgIpc) is 2.97. The monoisotopic (exact) mass is 497 g/mol. The molecule has 4 amide bonds. The van der Waals surface area contributed by atoms with Gasteiger partial charge in [0.2, 0.25) is 11.8 Å². The fourth-order valence-electron chi connectivity index (χ4n) is 4.68. The molecular weight excluding hydrogens is 476 g/mol. The van der Waals surface area contributed by atoms with Crippen LogP contribution < -0.4 is 16.1 Å². The summed E-state index contributed by atoms with van der Waals surface area (Å²) in [5.74, 6) is -6.46. The molecule has 2 aromatic carbocycles. The fourth-order valence-corrected chi connectivity index (χ4v) is 4.80. The van der Waals surface area contributed by atoms with E-state index in [1.807, 2.05) is 0 Å². The van der Waals surface area contributed by atoms with Gasteiger partial charge in [-0.3, -0.25) is 24.5 Å². The molecular formula is C22H21B3ClF2N3O4. The van der Waals surface area contributed by atoms with Crippen LogP contribution in [-0.4, -0.2) is 58.1 Å². The lowest BCUT2D eigenvalue weighted by molar-refractivity contribution is -0.147. The first kappa shape index (κ1) is 25.0. The maximum Gasteiger partial charge on any atom is 0.349 e. The predicted molar refractivity (Wildman–Crippen MR) is 133 cm³/mol. The van der Waals surface area contributed by atoms with E-state index in [1.54, 1.807) is 35.7 Å². The molecule has 0 saturated carbocycles. The van der Waals surface area contributed by atoms with Crippen LogP contribution in [0.25, 0.3) is 0 Å². The third kappa shape index (κ3) is 4.35. The molecule has 1 atom stereocenters. The predicted octanol–water partition coefficient (Wildman–Crippen LogP) is -1.36. The van der Waals surface area contributed by atoms with Crippen LogP contribution >= 0.6 is 11.6 Å². The number of fused-ring (bicyclic) bond motifs is 1. The molecule has 2 heterocycles. The molecule has 2 aliphatic heterocycles. The van der Waals surface area contributed by atoms with E-state index in [0.29, 0.717) is 22.2 Å². The molecule has 0 bridgehead atoms.